The Morgan fingerprint density at radius 1 is 1.13 bits per heavy atom. The van der Waals surface area contributed by atoms with Crippen LogP contribution in [0.25, 0.3) is 17.0 Å². The SMILES string of the molecule is CCN(CC)C(=O)c1ccc2c(c1)c(C=C1Sc3ccccc3N1C)cc[n+]2C.[I-]. The second-order valence-corrected chi connectivity index (χ2v) is 8.26. The first-order valence-corrected chi connectivity index (χ1v) is 10.8. The van der Waals surface area contributed by atoms with Gasteiger partial charge in [-0.1, -0.05) is 23.9 Å². The number of para-hydroxylation sites is 1. The molecule has 3 aromatic rings. The molecule has 1 aliphatic rings. The second kappa shape index (κ2) is 9.39. The summed E-state index contributed by atoms with van der Waals surface area (Å²) in [5.74, 6) is 0.0850. The number of nitrogens with zero attached hydrogens (tertiary/aromatic N) is 3. The van der Waals surface area contributed by atoms with E-state index in [4.69, 9.17) is 0 Å². The van der Waals surface area contributed by atoms with Crippen LogP contribution in [0.1, 0.15) is 29.8 Å². The van der Waals surface area contributed by atoms with Crippen molar-refractivity contribution in [3.63, 3.8) is 0 Å². The van der Waals surface area contributed by atoms with Crippen molar-refractivity contribution in [2.24, 2.45) is 7.05 Å². The predicted octanol–water partition coefficient (Wildman–Crippen LogP) is 1.69. The molecule has 0 saturated heterocycles. The van der Waals surface area contributed by atoms with E-state index < -0.39 is 0 Å². The number of carbonyl (C=O) groups is 1. The number of pyridine rings is 1. The van der Waals surface area contributed by atoms with Gasteiger partial charge in [-0.2, -0.15) is 0 Å². The highest BCUT2D eigenvalue weighted by molar-refractivity contribution is 8.03. The second-order valence-electron chi connectivity index (χ2n) is 7.20. The summed E-state index contributed by atoms with van der Waals surface area (Å²) in [4.78, 5) is 18.2. The summed E-state index contributed by atoms with van der Waals surface area (Å²) < 4.78 is 2.10. The third-order valence-electron chi connectivity index (χ3n) is 5.51. The Labute approximate surface area is 199 Å². The molecule has 2 heterocycles. The number of fused-ring (bicyclic) bond motifs is 2. The lowest BCUT2D eigenvalue weighted by atomic mass is 10.0. The van der Waals surface area contributed by atoms with Gasteiger partial charge >= 0.3 is 0 Å². The number of aryl methyl sites for hydroxylation is 1. The number of anilines is 1. The standard InChI is InChI=1S/C24H26N3OS.HI/c1-5-27(6-2)24(28)18-11-12-20-19(15-18)17(13-14-25(20)3)16-23-26(4)21-9-7-8-10-22(21)29-23;/h7-16H,5-6H2,1-4H3;1H/q+1;/p-1. The lowest BCUT2D eigenvalue weighted by Crippen LogP contribution is -3.00. The molecule has 0 aliphatic carbocycles. The van der Waals surface area contributed by atoms with E-state index in [0.717, 1.165) is 22.0 Å². The minimum absolute atomic E-state index is 0. The maximum Gasteiger partial charge on any atom is 0.253 e. The van der Waals surface area contributed by atoms with Crippen LogP contribution in [0.3, 0.4) is 0 Å². The maximum atomic E-state index is 12.9. The summed E-state index contributed by atoms with van der Waals surface area (Å²) in [5, 5.41) is 2.27. The third kappa shape index (κ3) is 4.07. The summed E-state index contributed by atoms with van der Waals surface area (Å²) in [6.45, 7) is 5.46. The van der Waals surface area contributed by atoms with Crippen molar-refractivity contribution < 1.29 is 33.3 Å². The van der Waals surface area contributed by atoms with Gasteiger partial charge in [0.1, 0.15) is 7.05 Å². The van der Waals surface area contributed by atoms with Crippen molar-refractivity contribution in [3.05, 3.63) is 70.9 Å². The van der Waals surface area contributed by atoms with Crippen molar-refractivity contribution >= 4 is 40.3 Å². The van der Waals surface area contributed by atoms with E-state index >= 15 is 0 Å². The van der Waals surface area contributed by atoms with E-state index in [0.29, 0.717) is 13.1 Å². The Hall–Kier alpha value is -2.06. The Kier molecular flexibility index (Phi) is 7.08. The highest BCUT2D eigenvalue weighted by Crippen LogP contribution is 2.45. The summed E-state index contributed by atoms with van der Waals surface area (Å²) in [6.07, 6.45) is 4.30. The molecule has 30 heavy (non-hydrogen) atoms. The topological polar surface area (TPSA) is 27.4 Å². The average molecular weight is 531 g/mol. The molecule has 4 rings (SSSR count). The number of benzene rings is 2. The Morgan fingerprint density at radius 3 is 2.57 bits per heavy atom. The van der Waals surface area contributed by atoms with Crippen LogP contribution < -0.4 is 33.4 Å². The highest BCUT2D eigenvalue weighted by Gasteiger charge is 2.22. The van der Waals surface area contributed by atoms with E-state index in [1.807, 2.05) is 44.0 Å². The summed E-state index contributed by atoms with van der Waals surface area (Å²) in [5.41, 5.74) is 4.20. The molecule has 1 aromatic heterocycles. The largest absolute Gasteiger partial charge is 1.00 e. The van der Waals surface area contributed by atoms with Gasteiger partial charge in [0.15, 0.2) is 6.20 Å². The molecule has 1 aliphatic heterocycles. The van der Waals surface area contributed by atoms with Crippen LogP contribution in [-0.4, -0.2) is 30.9 Å². The van der Waals surface area contributed by atoms with Crippen LogP contribution >= 0.6 is 11.8 Å². The van der Waals surface area contributed by atoms with Gasteiger partial charge in [0.2, 0.25) is 5.52 Å². The number of rotatable bonds is 4. The average Bonchev–Trinajstić information content (AvgIpc) is 3.06. The Balaban J connectivity index is 0.00000256. The van der Waals surface area contributed by atoms with Crippen LogP contribution in [-0.2, 0) is 7.05 Å². The zero-order valence-corrected chi connectivity index (χ0v) is 20.7. The predicted molar refractivity (Wildman–Crippen MR) is 121 cm³/mol. The van der Waals surface area contributed by atoms with Gasteiger partial charge in [0.05, 0.1) is 16.1 Å². The lowest BCUT2D eigenvalue weighted by molar-refractivity contribution is -0.644. The first kappa shape index (κ1) is 22.6. The van der Waals surface area contributed by atoms with Gasteiger partial charge in [-0.25, -0.2) is 4.57 Å². The Morgan fingerprint density at radius 2 is 1.87 bits per heavy atom. The molecule has 1 amide bonds. The normalized spacial score (nSPS) is 14.0. The minimum Gasteiger partial charge on any atom is -1.00 e. The molecule has 0 bridgehead atoms. The number of carbonyl (C=O) groups excluding carboxylic acids is 1. The van der Waals surface area contributed by atoms with Crippen LogP contribution in [0.5, 0.6) is 0 Å². The van der Waals surface area contributed by atoms with Gasteiger partial charge in [-0.3, -0.25) is 4.79 Å². The van der Waals surface area contributed by atoms with Gasteiger partial charge in [0.25, 0.3) is 5.91 Å². The van der Waals surface area contributed by atoms with Gasteiger partial charge < -0.3 is 33.8 Å². The molecule has 6 heteroatoms. The van der Waals surface area contributed by atoms with Crippen LogP contribution in [0.4, 0.5) is 5.69 Å². The fourth-order valence-electron chi connectivity index (χ4n) is 3.77. The number of thioether (sulfide) groups is 1. The smallest absolute Gasteiger partial charge is 0.253 e. The van der Waals surface area contributed by atoms with Gasteiger partial charge in [-0.15, -0.1) is 0 Å². The number of hydrogen-bond donors (Lipinski definition) is 0. The monoisotopic (exact) mass is 531 g/mol. The van der Waals surface area contributed by atoms with Crippen molar-refractivity contribution in [2.45, 2.75) is 18.7 Å². The van der Waals surface area contributed by atoms with Crippen LogP contribution in [0, 0.1) is 0 Å². The van der Waals surface area contributed by atoms with Crippen molar-refractivity contribution in [1.29, 1.82) is 0 Å². The molecular weight excluding hydrogens is 505 g/mol. The number of halogens is 1. The molecule has 156 valence electrons. The number of hydrogen-bond acceptors (Lipinski definition) is 3. The van der Waals surface area contributed by atoms with Crippen LogP contribution in [0.2, 0.25) is 0 Å². The molecule has 0 saturated carbocycles. The lowest BCUT2D eigenvalue weighted by Gasteiger charge is -2.18. The third-order valence-corrected chi connectivity index (χ3v) is 6.68. The molecule has 0 unspecified atom stereocenters. The van der Waals surface area contributed by atoms with Gasteiger partial charge in [-0.05, 0) is 49.8 Å². The minimum atomic E-state index is 0. The molecule has 0 radical (unpaired) electrons. The highest BCUT2D eigenvalue weighted by atomic mass is 127. The van der Waals surface area contributed by atoms with Gasteiger partial charge in [0, 0.05) is 42.7 Å². The Bertz CT molecular complexity index is 1120. The molecule has 4 nitrogen and oxygen atoms in total. The van der Waals surface area contributed by atoms with Crippen molar-refractivity contribution in [2.75, 3.05) is 25.0 Å². The van der Waals surface area contributed by atoms with E-state index in [2.05, 4.69) is 59.1 Å². The molecule has 0 spiro atoms. The van der Waals surface area contributed by atoms with E-state index in [9.17, 15) is 4.79 Å². The zero-order valence-electron chi connectivity index (χ0n) is 17.7. The summed E-state index contributed by atoms with van der Waals surface area (Å²) in [7, 11) is 4.14. The summed E-state index contributed by atoms with van der Waals surface area (Å²) >= 11 is 1.78. The molecule has 0 N–H and O–H groups in total. The number of aromatic nitrogens is 1. The van der Waals surface area contributed by atoms with E-state index in [-0.39, 0.29) is 29.9 Å². The quantitative estimate of drug-likeness (QED) is 0.379. The first-order valence-electron chi connectivity index (χ1n) is 9.97. The van der Waals surface area contributed by atoms with Crippen molar-refractivity contribution in [1.82, 2.24) is 4.90 Å². The zero-order chi connectivity index (χ0) is 20.5. The molecule has 0 atom stereocenters. The van der Waals surface area contributed by atoms with E-state index in [1.165, 1.54) is 15.6 Å². The van der Waals surface area contributed by atoms with E-state index in [1.54, 1.807) is 11.8 Å². The molecule has 0 fully saturated rings. The number of amides is 1. The first-order chi connectivity index (χ1) is 14.0. The summed E-state index contributed by atoms with van der Waals surface area (Å²) in [6, 6.07) is 16.6. The fourth-order valence-corrected chi connectivity index (χ4v) is 4.87. The maximum absolute atomic E-state index is 12.9. The van der Waals surface area contributed by atoms with Crippen molar-refractivity contribution in [3.8, 4) is 0 Å². The van der Waals surface area contributed by atoms with Crippen LogP contribution in [0.15, 0.2) is 64.7 Å². The molecular formula is C24H26IN3OS. The molecule has 2 aromatic carbocycles. The fraction of sp³-hybridized carbons (Fsp3) is 0.250.